The molecule has 2 rings (SSSR count). The number of hydrogen-bond donors (Lipinski definition) is 4. The maximum absolute atomic E-state index is 12.6. The second kappa shape index (κ2) is 22.0. The molecule has 0 amide bonds. The average molecular weight is 631 g/mol. The number of aliphatic hydroxyl groups is 2. The van der Waals surface area contributed by atoms with Crippen molar-refractivity contribution in [2.24, 2.45) is 0 Å². The number of ether oxygens (including phenoxy) is 2. The fraction of sp³-hybridized carbons (Fsp3) is 0.576. The number of aliphatic hydroxyl groups excluding tert-OH is 2. The Morgan fingerprint density at radius 3 is 1.33 bits per heavy atom. The second-order valence-corrected chi connectivity index (χ2v) is 10.8. The molecule has 0 atom stereocenters. The van der Waals surface area contributed by atoms with Crippen molar-refractivity contribution >= 4 is 34.7 Å². The molecule has 0 unspecified atom stereocenters. The van der Waals surface area contributed by atoms with Crippen LogP contribution >= 0.6 is 0 Å². The summed E-state index contributed by atoms with van der Waals surface area (Å²) in [5, 5.41) is 18.6. The lowest BCUT2D eigenvalue weighted by Gasteiger charge is -2.25. The number of nitrogen functional groups attached to an aromatic ring is 2. The molecule has 12 nitrogen and oxygen atoms in total. The lowest BCUT2D eigenvalue weighted by atomic mass is 10.2. The van der Waals surface area contributed by atoms with E-state index in [9.17, 15) is 19.8 Å². The topological polar surface area (TPSA) is 158 Å². The van der Waals surface area contributed by atoms with Crippen molar-refractivity contribution in [3.8, 4) is 0 Å². The number of rotatable bonds is 24. The fourth-order valence-corrected chi connectivity index (χ4v) is 4.96. The molecule has 0 saturated carbocycles. The van der Waals surface area contributed by atoms with Crippen molar-refractivity contribution in [2.45, 2.75) is 33.1 Å². The first kappa shape index (κ1) is 37.6. The van der Waals surface area contributed by atoms with E-state index in [1.165, 1.54) is 0 Å². The van der Waals surface area contributed by atoms with Crippen molar-refractivity contribution in [1.29, 1.82) is 0 Å². The normalized spacial score (nSPS) is 11.2. The number of hydrogen-bond acceptors (Lipinski definition) is 12. The predicted octanol–water partition coefficient (Wildman–Crippen LogP) is 2.05. The quantitative estimate of drug-likeness (QED) is 0.0990. The third-order valence-electron chi connectivity index (χ3n) is 7.57. The van der Waals surface area contributed by atoms with Crippen molar-refractivity contribution in [3.05, 3.63) is 48.5 Å². The van der Waals surface area contributed by atoms with Gasteiger partial charge in [-0.2, -0.15) is 0 Å². The van der Waals surface area contributed by atoms with E-state index in [2.05, 4.69) is 14.7 Å². The predicted molar refractivity (Wildman–Crippen MR) is 180 cm³/mol. The van der Waals surface area contributed by atoms with Crippen LogP contribution in [0.2, 0.25) is 0 Å². The summed E-state index contributed by atoms with van der Waals surface area (Å²) < 4.78 is 11.1. The zero-order chi connectivity index (χ0) is 32.9. The number of esters is 2. The highest BCUT2D eigenvalue weighted by molar-refractivity contribution is 5.70. The second-order valence-electron chi connectivity index (χ2n) is 10.8. The van der Waals surface area contributed by atoms with E-state index in [1.807, 2.05) is 67.3 Å². The monoisotopic (exact) mass is 630 g/mol. The molecule has 0 fully saturated rings. The van der Waals surface area contributed by atoms with Gasteiger partial charge < -0.3 is 45.9 Å². The van der Waals surface area contributed by atoms with Crippen LogP contribution in [0, 0.1) is 0 Å². The molecule has 252 valence electrons. The van der Waals surface area contributed by atoms with Gasteiger partial charge in [0.2, 0.25) is 0 Å². The van der Waals surface area contributed by atoms with Crippen molar-refractivity contribution in [1.82, 2.24) is 9.80 Å². The van der Waals surface area contributed by atoms with Gasteiger partial charge in [0, 0.05) is 62.0 Å². The van der Waals surface area contributed by atoms with Gasteiger partial charge in [0.1, 0.15) is 13.2 Å². The molecule has 0 spiro atoms. The molecule has 0 aliphatic carbocycles. The van der Waals surface area contributed by atoms with Crippen LogP contribution in [0.3, 0.4) is 0 Å². The van der Waals surface area contributed by atoms with Gasteiger partial charge in [-0.05, 0) is 81.9 Å². The van der Waals surface area contributed by atoms with Crippen LogP contribution in [0.25, 0.3) is 0 Å². The van der Waals surface area contributed by atoms with E-state index in [4.69, 9.17) is 20.9 Å². The summed E-state index contributed by atoms with van der Waals surface area (Å²) in [6.45, 7) is 10.5. The molecule has 0 aliphatic rings. The number of nitrogens with two attached hydrogens (primary N) is 2. The highest BCUT2D eigenvalue weighted by Crippen LogP contribution is 2.17. The van der Waals surface area contributed by atoms with Gasteiger partial charge in [-0.1, -0.05) is 0 Å². The number of anilines is 4. The van der Waals surface area contributed by atoms with Crippen LogP contribution in [-0.2, 0) is 19.1 Å². The molecule has 12 heteroatoms. The smallest absolute Gasteiger partial charge is 0.307 e. The van der Waals surface area contributed by atoms with Crippen LogP contribution < -0.4 is 21.3 Å². The Labute approximate surface area is 268 Å². The third kappa shape index (κ3) is 15.3. The van der Waals surface area contributed by atoms with Crippen LogP contribution in [0.1, 0.15) is 33.1 Å². The molecule has 6 N–H and O–H groups in total. The minimum Gasteiger partial charge on any atom is -0.464 e. The Morgan fingerprint density at radius 2 is 0.978 bits per heavy atom. The largest absolute Gasteiger partial charge is 0.464 e. The fourth-order valence-electron chi connectivity index (χ4n) is 4.96. The minimum absolute atomic E-state index is 0.0168. The molecule has 0 bridgehead atoms. The Balaban J connectivity index is 1.82. The Kier molecular flexibility index (Phi) is 18.4. The van der Waals surface area contributed by atoms with Crippen LogP contribution in [0.5, 0.6) is 0 Å². The number of nitrogens with zero attached hydrogens (tertiary/aromatic N) is 4. The third-order valence-corrected chi connectivity index (χ3v) is 7.57. The summed E-state index contributed by atoms with van der Waals surface area (Å²) in [6, 6.07) is 15.2. The number of likely N-dealkylation sites (N-methyl/N-ethyl adjacent to an activating group) is 2. The maximum atomic E-state index is 12.6. The molecule has 45 heavy (non-hydrogen) atoms. The van der Waals surface area contributed by atoms with Gasteiger partial charge in [-0.3, -0.25) is 14.5 Å². The highest BCUT2D eigenvalue weighted by atomic mass is 16.5. The molecule has 0 aliphatic heterocycles. The summed E-state index contributed by atoms with van der Waals surface area (Å²) in [6.07, 6.45) is 1.16. The molecular formula is C33H54N6O6. The van der Waals surface area contributed by atoms with E-state index in [0.29, 0.717) is 63.7 Å². The summed E-state index contributed by atoms with van der Waals surface area (Å²) >= 11 is 0. The van der Waals surface area contributed by atoms with E-state index in [-0.39, 0.29) is 51.2 Å². The molecule has 2 aromatic carbocycles. The van der Waals surface area contributed by atoms with E-state index < -0.39 is 0 Å². The van der Waals surface area contributed by atoms with Gasteiger partial charge in [0.25, 0.3) is 0 Å². The first-order valence-corrected chi connectivity index (χ1v) is 16.0. The molecule has 2 aromatic rings. The van der Waals surface area contributed by atoms with Gasteiger partial charge in [0.05, 0.1) is 39.1 Å². The average Bonchev–Trinajstić information content (AvgIpc) is 3.03. The molecule has 0 heterocycles. The van der Waals surface area contributed by atoms with Crippen molar-refractivity contribution in [3.63, 3.8) is 0 Å². The first-order chi connectivity index (χ1) is 21.8. The van der Waals surface area contributed by atoms with Gasteiger partial charge in [0.15, 0.2) is 0 Å². The molecule has 0 aromatic heterocycles. The number of carbonyl (C=O) groups is 2. The lowest BCUT2D eigenvalue weighted by Crippen LogP contribution is -2.35. The van der Waals surface area contributed by atoms with Crippen LogP contribution in [0.15, 0.2) is 48.5 Å². The standard InChI is InChI=1S/C33H54N6O6/c1-3-38(30-10-6-28(34)7-11-30)22-26-44-32(42)14-18-36(16-5-17-37(20-24-40)21-25-41)19-15-33(43)45-27-23-39(4-2)31-12-8-29(35)9-13-31/h6-13,40-41H,3-5,14-27,34-35H2,1-2H3. The van der Waals surface area contributed by atoms with Gasteiger partial charge >= 0.3 is 11.9 Å². The number of carbonyl (C=O) groups excluding carboxylic acids is 2. The zero-order valence-electron chi connectivity index (χ0n) is 27.1. The SMILES string of the molecule is CCN(CCOC(=O)CCN(CCCN(CCO)CCO)CCC(=O)OCCN(CC)c1ccc(N)cc1)c1ccc(N)cc1. The van der Waals surface area contributed by atoms with Crippen LogP contribution in [0.4, 0.5) is 22.7 Å². The summed E-state index contributed by atoms with van der Waals surface area (Å²) in [7, 11) is 0. The van der Waals surface area contributed by atoms with E-state index in [0.717, 1.165) is 30.9 Å². The maximum Gasteiger partial charge on any atom is 0.307 e. The lowest BCUT2D eigenvalue weighted by molar-refractivity contribution is -0.143. The van der Waals surface area contributed by atoms with Crippen LogP contribution in [-0.4, -0.2) is 124 Å². The highest BCUT2D eigenvalue weighted by Gasteiger charge is 2.15. The van der Waals surface area contributed by atoms with Gasteiger partial charge in [-0.15, -0.1) is 0 Å². The van der Waals surface area contributed by atoms with Gasteiger partial charge in [-0.25, -0.2) is 0 Å². The first-order valence-electron chi connectivity index (χ1n) is 16.0. The van der Waals surface area contributed by atoms with Crippen molar-refractivity contribution in [2.75, 3.05) is 113 Å². The summed E-state index contributed by atoms with van der Waals surface area (Å²) in [4.78, 5) is 33.5. The minimum atomic E-state index is -0.291. The Morgan fingerprint density at radius 1 is 0.600 bits per heavy atom. The summed E-state index contributed by atoms with van der Waals surface area (Å²) in [5.41, 5.74) is 15.0. The Bertz CT molecular complexity index is 1010. The van der Waals surface area contributed by atoms with E-state index in [1.54, 1.807) is 0 Å². The molecule has 0 saturated heterocycles. The molecular weight excluding hydrogens is 576 g/mol. The molecule has 0 radical (unpaired) electrons. The Hall–Kier alpha value is -3.58. The van der Waals surface area contributed by atoms with E-state index >= 15 is 0 Å². The van der Waals surface area contributed by atoms with Crippen molar-refractivity contribution < 1.29 is 29.3 Å². The number of benzene rings is 2. The zero-order valence-corrected chi connectivity index (χ0v) is 27.1. The summed E-state index contributed by atoms with van der Waals surface area (Å²) in [5.74, 6) is -0.583.